The second-order valence-corrected chi connectivity index (χ2v) is 8.66. The van der Waals surface area contributed by atoms with Gasteiger partial charge in [0, 0.05) is 48.0 Å². The Balaban J connectivity index is 1.48. The van der Waals surface area contributed by atoms with Crippen LogP contribution in [0.4, 0.5) is 8.78 Å². The third-order valence-electron chi connectivity index (χ3n) is 6.70. The van der Waals surface area contributed by atoms with Gasteiger partial charge in [-0.25, -0.2) is 9.97 Å². The van der Waals surface area contributed by atoms with Gasteiger partial charge in [0.2, 0.25) is 5.88 Å². The van der Waals surface area contributed by atoms with E-state index in [1.54, 1.807) is 43.5 Å². The monoisotopic (exact) mass is 486 g/mol. The highest BCUT2D eigenvalue weighted by atomic mass is 19.3. The molecule has 0 N–H and O–H groups in total. The summed E-state index contributed by atoms with van der Waals surface area (Å²) in [6.45, 7) is -3.00. The highest BCUT2D eigenvalue weighted by molar-refractivity contribution is 5.97. The lowest BCUT2D eigenvalue weighted by atomic mass is 9.97. The number of ether oxygens (including phenoxy) is 2. The summed E-state index contributed by atoms with van der Waals surface area (Å²) in [4.78, 5) is 23.8. The maximum Gasteiger partial charge on any atom is 0.387 e. The van der Waals surface area contributed by atoms with Gasteiger partial charge in [0.15, 0.2) is 0 Å². The van der Waals surface area contributed by atoms with Crippen molar-refractivity contribution < 1.29 is 23.0 Å². The van der Waals surface area contributed by atoms with E-state index in [-0.39, 0.29) is 23.7 Å². The predicted molar refractivity (Wildman–Crippen MR) is 127 cm³/mol. The third kappa shape index (κ3) is 3.45. The van der Waals surface area contributed by atoms with E-state index in [1.165, 1.54) is 6.07 Å². The largest absolute Gasteiger partial charge is 0.481 e. The van der Waals surface area contributed by atoms with Gasteiger partial charge in [0.05, 0.1) is 30.2 Å². The number of carbonyl (C=O) groups is 1. The molecule has 0 aliphatic carbocycles. The summed E-state index contributed by atoms with van der Waals surface area (Å²) >= 11 is 0. The minimum Gasteiger partial charge on any atom is -0.481 e. The molecular weight excluding hydrogens is 466 g/mol. The van der Waals surface area contributed by atoms with Crippen molar-refractivity contribution in [3.63, 3.8) is 0 Å². The third-order valence-corrected chi connectivity index (χ3v) is 6.70. The van der Waals surface area contributed by atoms with Crippen LogP contribution >= 0.6 is 0 Å². The summed E-state index contributed by atoms with van der Waals surface area (Å²) in [5, 5.41) is 0. The van der Waals surface area contributed by atoms with Crippen LogP contribution in [0.3, 0.4) is 0 Å². The molecule has 0 fully saturated rings. The molecule has 4 aromatic rings. The number of amides is 1. The molecule has 0 radical (unpaired) electrons. The normalized spacial score (nSPS) is 17.9. The van der Waals surface area contributed by atoms with Crippen molar-refractivity contribution in [2.24, 2.45) is 0 Å². The molecule has 180 valence electrons. The first-order chi connectivity index (χ1) is 17.4. The number of rotatable bonds is 3. The molecule has 2 atom stereocenters. The van der Waals surface area contributed by atoms with Gasteiger partial charge in [-0.3, -0.25) is 4.79 Å². The summed E-state index contributed by atoms with van der Waals surface area (Å²) in [6, 6.07) is 13.3. The Morgan fingerprint density at radius 3 is 2.64 bits per heavy atom. The van der Waals surface area contributed by atoms with Gasteiger partial charge in [0.1, 0.15) is 11.6 Å². The molecule has 7 nitrogen and oxygen atoms in total. The minimum atomic E-state index is -3.00. The first kappa shape index (κ1) is 22.0. The summed E-state index contributed by atoms with van der Waals surface area (Å²) in [7, 11) is 3.27. The molecule has 2 aromatic heterocycles. The molecule has 0 spiro atoms. The van der Waals surface area contributed by atoms with E-state index in [4.69, 9.17) is 14.5 Å². The highest BCUT2D eigenvalue weighted by Crippen LogP contribution is 2.49. The van der Waals surface area contributed by atoms with E-state index < -0.39 is 6.61 Å². The standard InChI is InChI=1S/C27H20F2N4O3/c1-32-21-13-20(24-17(26(32)34)4-3-5-22(24)36-27(28)29)33-19-12-15(8-10-18(19)31-25(21)33)6-7-16-9-11-23(35-2)30-14-16/h3-5,8-12,14,20-21,27H,13H2,1-2H3/t20-,21-/m1/s1. The Morgan fingerprint density at radius 1 is 1.08 bits per heavy atom. The molecule has 6 rings (SSSR count). The van der Waals surface area contributed by atoms with Crippen molar-refractivity contribution in [2.75, 3.05) is 14.2 Å². The molecule has 0 unspecified atom stereocenters. The Labute approximate surface area is 205 Å². The van der Waals surface area contributed by atoms with Gasteiger partial charge >= 0.3 is 6.61 Å². The number of hydrogen-bond donors (Lipinski definition) is 0. The van der Waals surface area contributed by atoms with Crippen LogP contribution in [0.25, 0.3) is 11.0 Å². The fourth-order valence-electron chi connectivity index (χ4n) is 5.08. The topological polar surface area (TPSA) is 69.5 Å². The van der Waals surface area contributed by atoms with Gasteiger partial charge < -0.3 is 18.9 Å². The minimum absolute atomic E-state index is 0.00699. The molecule has 0 saturated heterocycles. The summed E-state index contributed by atoms with van der Waals surface area (Å²) in [6.07, 6.45) is 2.16. The van der Waals surface area contributed by atoms with Crippen LogP contribution in [-0.2, 0) is 0 Å². The average molecular weight is 486 g/mol. The van der Waals surface area contributed by atoms with Crippen molar-refractivity contribution in [3.05, 3.63) is 82.8 Å². The zero-order valence-corrected chi connectivity index (χ0v) is 19.4. The molecule has 1 amide bonds. The number of hydrogen-bond acceptors (Lipinski definition) is 5. The molecule has 36 heavy (non-hydrogen) atoms. The average Bonchev–Trinajstić information content (AvgIpc) is 3.40. The van der Waals surface area contributed by atoms with Gasteiger partial charge in [-0.2, -0.15) is 8.78 Å². The number of carbonyl (C=O) groups excluding carboxylic acids is 1. The summed E-state index contributed by atoms with van der Waals surface area (Å²) < 4.78 is 38.5. The van der Waals surface area contributed by atoms with Crippen molar-refractivity contribution in [2.45, 2.75) is 25.1 Å². The highest BCUT2D eigenvalue weighted by Gasteiger charge is 2.45. The van der Waals surface area contributed by atoms with E-state index in [2.05, 4.69) is 16.8 Å². The number of alkyl halides is 2. The molecule has 2 aliphatic heterocycles. The number of imidazole rings is 1. The molecule has 0 saturated carbocycles. The number of methoxy groups -OCH3 is 1. The summed E-state index contributed by atoms with van der Waals surface area (Å²) in [5.74, 6) is 7.25. The first-order valence-corrected chi connectivity index (χ1v) is 11.3. The second kappa shape index (κ2) is 8.34. The lowest BCUT2D eigenvalue weighted by Crippen LogP contribution is -2.30. The second-order valence-electron chi connectivity index (χ2n) is 8.66. The SMILES string of the molecule is COc1ccc(C#Cc2ccc3nc4n(c3c2)[C@@H]2C[C@H]4N(C)C(=O)c3cccc(OC(F)F)c32)cn1. The van der Waals surface area contributed by atoms with Gasteiger partial charge in [0.25, 0.3) is 5.91 Å². The molecule has 2 aliphatic rings. The van der Waals surface area contributed by atoms with Crippen molar-refractivity contribution in [1.82, 2.24) is 19.4 Å². The first-order valence-electron chi connectivity index (χ1n) is 11.3. The van der Waals surface area contributed by atoms with E-state index in [1.807, 2.05) is 28.8 Å². The van der Waals surface area contributed by atoms with Crippen LogP contribution in [0, 0.1) is 11.8 Å². The van der Waals surface area contributed by atoms with Gasteiger partial charge in [-0.1, -0.05) is 17.9 Å². The van der Waals surface area contributed by atoms with Crippen LogP contribution < -0.4 is 9.47 Å². The molecule has 9 heteroatoms. The fraction of sp³-hybridized carbons (Fsp3) is 0.222. The Bertz CT molecular complexity index is 1570. The maximum absolute atomic E-state index is 13.3. The molecular formula is C27H20F2N4O3. The van der Waals surface area contributed by atoms with Crippen LogP contribution in [0.15, 0.2) is 54.7 Å². The van der Waals surface area contributed by atoms with E-state index in [0.29, 0.717) is 29.3 Å². The number of halogens is 2. The Kier molecular flexibility index (Phi) is 5.11. The number of pyridine rings is 1. The fourth-order valence-corrected chi connectivity index (χ4v) is 5.08. The lowest BCUT2D eigenvalue weighted by Gasteiger charge is -2.24. The maximum atomic E-state index is 13.3. The van der Waals surface area contributed by atoms with E-state index >= 15 is 0 Å². The molecule has 4 heterocycles. The van der Waals surface area contributed by atoms with E-state index in [9.17, 15) is 13.6 Å². The van der Waals surface area contributed by atoms with Crippen LogP contribution in [0.5, 0.6) is 11.6 Å². The zero-order chi connectivity index (χ0) is 25.0. The van der Waals surface area contributed by atoms with Crippen LogP contribution in [0.1, 0.15) is 51.4 Å². The van der Waals surface area contributed by atoms with Crippen LogP contribution in [-0.4, -0.2) is 46.1 Å². The quantitative estimate of drug-likeness (QED) is 0.397. The van der Waals surface area contributed by atoms with E-state index in [0.717, 1.165) is 22.2 Å². The number of nitrogens with zero attached hydrogens (tertiary/aromatic N) is 4. The Morgan fingerprint density at radius 2 is 1.89 bits per heavy atom. The Hall–Kier alpha value is -4.45. The van der Waals surface area contributed by atoms with Crippen molar-refractivity contribution in [3.8, 4) is 23.5 Å². The summed E-state index contributed by atoms with van der Waals surface area (Å²) in [5.41, 5.74) is 3.88. The number of aromatic nitrogens is 3. The predicted octanol–water partition coefficient (Wildman–Crippen LogP) is 4.56. The van der Waals surface area contributed by atoms with Gasteiger partial charge in [-0.15, -0.1) is 0 Å². The zero-order valence-electron chi connectivity index (χ0n) is 19.4. The van der Waals surface area contributed by atoms with Crippen LogP contribution in [0.2, 0.25) is 0 Å². The molecule has 2 aromatic carbocycles. The lowest BCUT2D eigenvalue weighted by molar-refractivity contribution is -0.0507. The van der Waals surface area contributed by atoms with Crippen molar-refractivity contribution in [1.29, 1.82) is 0 Å². The smallest absolute Gasteiger partial charge is 0.387 e. The number of benzene rings is 2. The van der Waals surface area contributed by atoms with Crippen molar-refractivity contribution >= 4 is 16.9 Å². The number of fused-ring (bicyclic) bond motifs is 9. The molecule has 2 bridgehead atoms. The van der Waals surface area contributed by atoms with Gasteiger partial charge in [-0.05, 0) is 36.4 Å².